The van der Waals surface area contributed by atoms with Gasteiger partial charge in [-0.15, -0.1) is 5.10 Å². The molecule has 0 aliphatic heterocycles. The molecule has 0 amide bonds. The normalized spacial score (nSPS) is 10.6. The molecule has 0 bridgehead atoms. The number of hydrogen-bond acceptors (Lipinski definition) is 8. The number of ether oxygens (including phenoxy) is 2. The molecule has 3 aromatic heterocycles. The zero-order valence-electron chi connectivity index (χ0n) is 15.4. The van der Waals surface area contributed by atoms with Crippen LogP contribution in [0.4, 0.5) is 0 Å². The average molecular weight is 375 g/mol. The Kier molecular flexibility index (Phi) is 4.87. The van der Waals surface area contributed by atoms with Crippen molar-refractivity contribution >= 4 is 0 Å². The minimum Gasteiger partial charge on any atom is -0.493 e. The van der Waals surface area contributed by atoms with E-state index in [2.05, 4.69) is 30.5 Å². The van der Waals surface area contributed by atoms with Gasteiger partial charge in [-0.3, -0.25) is 4.98 Å². The van der Waals surface area contributed by atoms with Crippen LogP contribution in [0.1, 0.15) is 6.92 Å². The van der Waals surface area contributed by atoms with Gasteiger partial charge in [-0.2, -0.15) is 0 Å². The summed E-state index contributed by atoms with van der Waals surface area (Å²) in [6, 6.07) is 11.1. The molecule has 1 aromatic carbocycles. The summed E-state index contributed by atoms with van der Waals surface area (Å²) in [4.78, 5) is 13.2. The maximum atomic E-state index is 5.81. The largest absolute Gasteiger partial charge is 0.493 e. The molecule has 9 heteroatoms. The van der Waals surface area contributed by atoms with Crippen molar-refractivity contribution in [1.82, 2.24) is 35.2 Å². The van der Waals surface area contributed by atoms with Gasteiger partial charge >= 0.3 is 0 Å². The van der Waals surface area contributed by atoms with Crippen molar-refractivity contribution in [3.63, 3.8) is 0 Å². The lowest BCUT2D eigenvalue weighted by molar-refractivity contribution is 0.378. The summed E-state index contributed by atoms with van der Waals surface area (Å²) in [5, 5.41) is 11.7. The van der Waals surface area contributed by atoms with Crippen LogP contribution in [0.15, 0.2) is 55.0 Å². The molecule has 0 aliphatic carbocycles. The van der Waals surface area contributed by atoms with Gasteiger partial charge in [0, 0.05) is 18.3 Å². The van der Waals surface area contributed by atoms with Crippen LogP contribution in [0.25, 0.3) is 22.9 Å². The number of nitrogens with zero attached hydrogens (tertiary/aromatic N) is 7. The zero-order valence-corrected chi connectivity index (χ0v) is 15.4. The van der Waals surface area contributed by atoms with E-state index >= 15 is 0 Å². The van der Waals surface area contributed by atoms with E-state index in [9.17, 15) is 0 Å². The van der Waals surface area contributed by atoms with Crippen molar-refractivity contribution < 1.29 is 9.47 Å². The Balaban J connectivity index is 1.58. The Morgan fingerprint density at radius 2 is 1.79 bits per heavy atom. The Morgan fingerprint density at radius 3 is 2.54 bits per heavy atom. The molecule has 0 saturated carbocycles. The summed E-state index contributed by atoms with van der Waals surface area (Å²) < 4.78 is 12.8. The Labute approximate surface area is 161 Å². The minimum absolute atomic E-state index is 0.512. The van der Waals surface area contributed by atoms with E-state index in [1.54, 1.807) is 30.4 Å². The average Bonchev–Trinajstić information content (AvgIpc) is 3.24. The molecule has 4 aromatic rings. The number of para-hydroxylation sites is 2. The molecular formula is C19H17N7O2. The Morgan fingerprint density at radius 1 is 1.00 bits per heavy atom. The van der Waals surface area contributed by atoms with E-state index in [0.29, 0.717) is 41.1 Å². The van der Waals surface area contributed by atoms with E-state index in [1.807, 2.05) is 43.3 Å². The number of aromatic nitrogens is 7. The number of rotatable bonds is 6. The smallest absolute Gasteiger partial charge is 0.200 e. The second kappa shape index (κ2) is 7.78. The molecular weight excluding hydrogens is 358 g/mol. The quantitative estimate of drug-likeness (QED) is 0.507. The van der Waals surface area contributed by atoms with Gasteiger partial charge in [0.2, 0.25) is 5.82 Å². The summed E-state index contributed by atoms with van der Waals surface area (Å²) >= 11 is 0. The predicted octanol–water partition coefficient (Wildman–Crippen LogP) is 3.01. The molecule has 0 N–H and O–H groups in total. The van der Waals surface area contributed by atoms with Crippen LogP contribution in [0, 0.1) is 0 Å². The van der Waals surface area contributed by atoms with E-state index in [4.69, 9.17) is 9.47 Å². The van der Waals surface area contributed by atoms with Crippen molar-refractivity contribution in [1.29, 1.82) is 0 Å². The van der Waals surface area contributed by atoms with E-state index < -0.39 is 0 Å². The predicted molar refractivity (Wildman–Crippen MR) is 101 cm³/mol. The van der Waals surface area contributed by atoms with Crippen molar-refractivity contribution in [3.8, 4) is 40.2 Å². The number of pyridine rings is 1. The number of benzene rings is 1. The fraction of sp³-hybridized carbons (Fsp3) is 0.158. The first-order valence-corrected chi connectivity index (χ1v) is 8.64. The van der Waals surface area contributed by atoms with Crippen molar-refractivity contribution in [2.45, 2.75) is 13.5 Å². The summed E-state index contributed by atoms with van der Waals surface area (Å²) in [5.41, 5.74) is 1.46. The second-order valence-corrected chi connectivity index (χ2v) is 5.74. The van der Waals surface area contributed by atoms with E-state index in [0.717, 1.165) is 5.56 Å². The van der Waals surface area contributed by atoms with Gasteiger partial charge in [-0.25, -0.2) is 14.6 Å². The molecule has 140 valence electrons. The Bertz CT molecular complexity index is 1080. The lowest BCUT2D eigenvalue weighted by Crippen LogP contribution is -2.01. The summed E-state index contributed by atoms with van der Waals surface area (Å²) in [6.07, 6.45) is 4.91. The van der Waals surface area contributed by atoms with Gasteiger partial charge in [0.25, 0.3) is 0 Å². The van der Waals surface area contributed by atoms with Crippen LogP contribution in [0.3, 0.4) is 0 Å². The van der Waals surface area contributed by atoms with E-state index in [1.165, 1.54) is 0 Å². The monoisotopic (exact) mass is 375 g/mol. The summed E-state index contributed by atoms with van der Waals surface area (Å²) in [6.45, 7) is 2.62. The van der Waals surface area contributed by atoms with Gasteiger partial charge in [-0.1, -0.05) is 12.1 Å². The van der Waals surface area contributed by atoms with Gasteiger partial charge in [0.05, 0.1) is 19.5 Å². The first-order chi connectivity index (χ1) is 13.8. The lowest BCUT2D eigenvalue weighted by atomic mass is 10.2. The highest BCUT2D eigenvalue weighted by Crippen LogP contribution is 2.30. The van der Waals surface area contributed by atoms with Gasteiger partial charge in [0.15, 0.2) is 23.1 Å². The van der Waals surface area contributed by atoms with E-state index in [-0.39, 0.29) is 0 Å². The number of tetrazole rings is 1. The number of methoxy groups -OCH3 is 1. The van der Waals surface area contributed by atoms with Crippen LogP contribution < -0.4 is 9.47 Å². The molecule has 0 atom stereocenters. The third-order valence-electron chi connectivity index (χ3n) is 4.00. The third-order valence-corrected chi connectivity index (χ3v) is 4.00. The minimum atomic E-state index is 0.512. The standard InChI is InChI=1S/C19H17N7O2/c1-3-26-19(23-24-25-26)15-10-13(8-9-20-15)18-21-11-14(12-22-18)28-17-7-5-4-6-16(17)27-2/h4-12H,3H2,1-2H3. The third kappa shape index (κ3) is 3.50. The second-order valence-electron chi connectivity index (χ2n) is 5.74. The highest BCUT2D eigenvalue weighted by atomic mass is 16.5. The summed E-state index contributed by atoms with van der Waals surface area (Å²) in [7, 11) is 1.59. The maximum absolute atomic E-state index is 5.81. The molecule has 0 fully saturated rings. The van der Waals surface area contributed by atoms with Crippen molar-refractivity contribution in [2.75, 3.05) is 7.11 Å². The molecule has 4 rings (SSSR count). The molecule has 0 aliphatic rings. The van der Waals surface area contributed by atoms with Gasteiger partial charge in [-0.05, 0) is 41.6 Å². The highest BCUT2D eigenvalue weighted by Gasteiger charge is 2.12. The molecule has 28 heavy (non-hydrogen) atoms. The molecule has 0 unspecified atom stereocenters. The van der Waals surface area contributed by atoms with Crippen LogP contribution >= 0.6 is 0 Å². The lowest BCUT2D eigenvalue weighted by Gasteiger charge is -2.09. The fourth-order valence-corrected chi connectivity index (χ4v) is 2.64. The summed E-state index contributed by atoms with van der Waals surface area (Å²) in [5.74, 6) is 2.89. The van der Waals surface area contributed by atoms with Crippen molar-refractivity contribution in [2.24, 2.45) is 0 Å². The SMILES string of the molecule is CCn1nnnc1-c1cc(-c2ncc(Oc3ccccc3OC)cn2)ccn1. The van der Waals surface area contributed by atoms with Crippen LogP contribution in [0.5, 0.6) is 17.2 Å². The fourth-order valence-electron chi connectivity index (χ4n) is 2.64. The van der Waals surface area contributed by atoms with Crippen molar-refractivity contribution in [3.05, 3.63) is 55.0 Å². The first-order valence-electron chi connectivity index (χ1n) is 8.64. The van der Waals surface area contributed by atoms with Gasteiger partial charge < -0.3 is 9.47 Å². The molecule has 9 nitrogen and oxygen atoms in total. The number of hydrogen-bond donors (Lipinski definition) is 0. The maximum Gasteiger partial charge on any atom is 0.200 e. The highest BCUT2D eigenvalue weighted by molar-refractivity contribution is 5.62. The molecule has 0 spiro atoms. The van der Waals surface area contributed by atoms with Crippen LogP contribution in [-0.4, -0.2) is 42.3 Å². The number of aryl methyl sites for hydroxylation is 1. The van der Waals surface area contributed by atoms with Crippen LogP contribution in [0.2, 0.25) is 0 Å². The Hall–Kier alpha value is -3.88. The zero-order chi connectivity index (χ0) is 19.3. The molecule has 0 radical (unpaired) electrons. The van der Waals surface area contributed by atoms with Crippen LogP contribution in [-0.2, 0) is 6.54 Å². The van der Waals surface area contributed by atoms with Gasteiger partial charge in [0.1, 0.15) is 5.69 Å². The first kappa shape index (κ1) is 17.5. The topological polar surface area (TPSA) is 101 Å². The molecule has 0 saturated heterocycles. The molecule has 3 heterocycles.